The third-order valence-electron chi connectivity index (χ3n) is 6.66. The summed E-state index contributed by atoms with van der Waals surface area (Å²) in [6, 6.07) is 22.6. The van der Waals surface area contributed by atoms with E-state index in [1.807, 2.05) is 74.6 Å². The molecular formula is C29H29N5O2S. The minimum atomic E-state index is -0.195. The number of phenols is 1. The Balaban J connectivity index is 1.44. The molecule has 2 atom stereocenters. The van der Waals surface area contributed by atoms with Crippen LogP contribution < -0.4 is 10.6 Å². The maximum absolute atomic E-state index is 13.0. The van der Waals surface area contributed by atoms with Gasteiger partial charge in [-0.3, -0.25) is 9.78 Å². The van der Waals surface area contributed by atoms with Gasteiger partial charge < -0.3 is 25.2 Å². The summed E-state index contributed by atoms with van der Waals surface area (Å²) in [6.45, 7) is 4.44. The summed E-state index contributed by atoms with van der Waals surface area (Å²) >= 11 is 5.78. The Hall–Kier alpha value is -4.17. The van der Waals surface area contributed by atoms with Crippen molar-refractivity contribution in [1.82, 2.24) is 19.8 Å². The second-order valence-electron chi connectivity index (χ2n) is 9.26. The predicted octanol–water partition coefficient (Wildman–Crippen LogP) is 5.20. The molecule has 0 aliphatic carbocycles. The molecule has 0 spiro atoms. The highest BCUT2D eigenvalue weighted by Gasteiger charge is 2.41. The van der Waals surface area contributed by atoms with Crippen LogP contribution in [0, 0.1) is 13.8 Å². The van der Waals surface area contributed by atoms with Gasteiger partial charge in [-0.25, -0.2) is 0 Å². The first-order valence-electron chi connectivity index (χ1n) is 12.2. The lowest BCUT2D eigenvalue weighted by Gasteiger charge is -2.29. The predicted molar refractivity (Wildman–Crippen MR) is 149 cm³/mol. The number of hydrogen-bond donors (Lipinski definition) is 3. The van der Waals surface area contributed by atoms with E-state index in [1.165, 1.54) is 0 Å². The fraction of sp³-hybridized carbons (Fsp3) is 0.207. The lowest BCUT2D eigenvalue weighted by atomic mass is 10.0. The number of nitrogens with zero attached hydrogens (tertiary/aromatic N) is 3. The van der Waals surface area contributed by atoms with E-state index in [1.54, 1.807) is 18.3 Å². The first kappa shape index (κ1) is 24.5. The van der Waals surface area contributed by atoms with Crippen LogP contribution in [0.3, 0.4) is 0 Å². The van der Waals surface area contributed by atoms with Crippen LogP contribution in [-0.4, -0.2) is 37.1 Å². The van der Waals surface area contributed by atoms with E-state index in [2.05, 4.69) is 31.2 Å². The SMILES string of the molecule is Cc1ccc(C)c(NC(=O)CCN2C(=S)N[C@@H](c3ccccn3)[C@H]2c2cccn2-c2ccc(O)cc2)c1. The number of carbonyl (C=O) groups is 1. The van der Waals surface area contributed by atoms with Gasteiger partial charge in [-0.2, -0.15) is 0 Å². The van der Waals surface area contributed by atoms with Crippen molar-refractivity contribution >= 4 is 28.9 Å². The molecule has 4 aromatic rings. The van der Waals surface area contributed by atoms with E-state index in [9.17, 15) is 9.90 Å². The topological polar surface area (TPSA) is 82.4 Å². The summed E-state index contributed by atoms with van der Waals surface area (Å²) in [5.41, 5.74) is 5.75. The number of thiocarbonyl (C=S) groups is 1. The average molecular weight is 512 g/mol. The van der Waals surface area contributed by atoms with Crippen LogP contribution in [0.25, 0.3) is 5.69 Å². The first-order valence-corrected chi connectivity index (χ1v) is 12.6. The van der Waals surface area contributed by atoms with Crippen molar-refractivity contribution in [3.05, 3.63) is 108 Å². The number of aromatic hydroxyl groups is 1. The molecular weight excluding hydrogens is 482 g/mol. The van der Waals surface area contributed by atoms with Crippen molar-refractivity contribution in [2.45, 2.75) is 32.4 Å². The molecule has 8 heteroatoms. The molecule has 1 amide bonds. The number of carbonyl (C=O) groups excluding carboxylic acids is 1. The van der Waals surface area contributed by atoms with Gasteiger partial charge in [0.2, 0.25) is 5.91 Å². The molecule has 1 aliphatic rings. The molecule has 0 unspecified atom stereocenters. The Morgan fingerprint density at radius 1 is 1.08 bits per heavy atom. The van der Waals surface area contributed by atoms with Crippen LogP contribution in [-0.2, 0) is 4.79 Å². The Kier molecular flexibility index (Phi) is 6.92. The fourth-order valence-corrected chi connectivity index (χ4v) is 5.09. The molecule has 1 fully saturated rings. The van der Waals surface area contributed by atoms with Crippen molar-refractivity contribution in [2.75, 3.05) is 11.9 Å². The van der Waals surface area contributed by atoms with Crippen LogP contribution >= 0.6 is 12.2 Å². The Labute approximate surface area is 221 Å². The highest BCUT2D eigenvalue weighted by molar-refractivity contribution is 7.80. The highest BCUT2D eigenvalue weighted by Crippen LogP contribution is 2.39. The number of benzene rings is 2. The molecule has 0 saturated carbocycles. The Morgan fingerprint density at radius 2 is 1.89 bits per heavy atom. The van der Waals surface area contributed by atoms with Crippen LogP contribution in [0.15, 0.2) is 85.2 Å². The molecule has 188 valence electrons. The number of amides is 1. The smallest absolute Gasteiger partial charge is 0.226 e. The number of hydrogen-bond acceptors (Lipinski definition) is 4. The zero-order valence-electron chi connectivity index (χ0n) is 20.8. The van der Waals surface area contributed by atoms with Crippen molar-refractivity contribution in [1.29, 1.82) is 0 Å². The number of phenolic OH excluding ortho intramolecular Hbond substituents is 1. The first-order chi connectivity index (χ1) is 17.9. The minimum Gasteiger partial charge on any atom is -0.508 e. The largest absolute Gasteiger partial charge is 0.508 e. The van der Waals surface area contributed by atoms with Gasteiger partial charge in [0.05, 0.1) is 17.8 Å². The zero-order chi connectivity index (χ0) is 25.9. The summed E-state index contributed by atoms with van der Waals surface area (Å²) in [5.74, 6) is 0.148. The number of aryl methyl sites for hydroxylation is 2. The summed E-state index contributed by atoms with van der Waals surface area (Å²) in [7, 11) is 0. The summed E-state index contributed by atoms with van der Waals surface area (Å²) in [6.07, 6.45) is 4.04. The molecule has 2 aromatic carbocycles. The van der Waals surface area contributed by atoms with Gasteiger partial charge >= 0.3 is 0 Å². The molecule has 2 aromatic heterocycles. The van der Waals surface area contributed by atoms with Gasteiger partial charge in [-0.05, 0) is 91.8 Å². The van der Waals surface area contributed by atoms with E-state index in [0.717, 1.165) is 33.9 Å². The van der Waals surface area contributed by atoms with E-state index in [-0.39, 0.29) is 30.2 Å². The van der Waals surface area contributed by atoms with Gasteiger partial charge in [0.15, 0.2) is 5.11 Å². The molecule has 0 radical (unpaired) electrons. The van der Waals surface area contributed by atoms with Gasteiger partial charge in [-0.1, -0.05) is 18.2 Å². The van der Waals surface area contributed by atoms with Crippen LogP contribution in [0.1, 0.15) is 41.0 Å². The standard InChI is InChI=1S/C29H29N5O2S/c1-19-8-9-20(2)24(18-19)31-26(36)14-17-34-28(27(32-29(34)37)23-6-3-4-15-30-23)25-7-5-16-33(25)21-10-12-22(35)13-11-21/h3-13,15-16,18,27-28,35H,14,17H2,1-2H3,(H,31,36)(H,32,37)/t27-,28+/m0/s1. The molecule has 3 heterocycles. The van der Waals surface area contributed by atoms with Crippen molar-refractivity contribution in [3.63, 3.8) is 0 Å². The summed E-state index contributed by atoms with van der Waals surface area (Å²) in [4.78, 5) is 19.6. The second kappa shape index (κ2) is 10.4. The maximum Gasteiger partial charge on any atom is 0.226 e. The second-order valence-corrected chi connectivity index (χ2v) is 9.64. The van der Waals surface area contributed by atoms with Crippen LogP contribution in [0.4, 0.5) is 5.69 Å². The normalized spacial score (nSPS) is 17.0. The van der Waals surface area contributed by atoms with Gasteiger partial charge in [0.25, 0.3) is 0 Å². The van der Waals surface area contributed by atoms with Crippen molar-refractivity contribution in [3.8, 4) is 11.4 Å². The Morgan fingerprint density at radius 3 is 2.65 bits per heavy atom. The third kappa shape index (κ3) is 5.20. The summed E-state index contributed by atoms with van der Waals surface area (Å²) < 4.78 is 2.08. The van der Waals surface area contributed by atoms with E-state index < -0.39 is 0 Å². The van der Waals surface area contributed by atoms with E-state index in [0.29, 0.717) is 11.7 Å². The molecule has 7 nitrogen and oxygen atoms in total. The van der Waals surface area contributed by atoms with Crippen molar-refractivity contribution in [2.24, 2.45) is 0 Å². The molecule has 37 heavy (non-hydrogen) atoms. The maximum atomic E-state index is 13.0. The lowest BCUT2D eigenvalue weighted by molar-refractivity contribution is -0.116. The molecule has 3 N–H and O–H groups in total. The third-order valence-corrected chi connectivity index (χ3v) is 7.01. The molecule has 1 aliphatic heterocycles. The summed E-state index contributed by atoms with van der Waals surface area (Å²) in [5, 5.41) is 16.9. The molecule has 5 rings (SSSR count). The average Bonchev–Trinajstić information content (AvgIpc) is 3.50. The molecule has 0 bridgehead atoms. The van der Waals surface area contributed by atoms with Gasteiger partial charge in [0.1, 0.15) is 5.75 Å². The van der Waals surface area contributed by atoms with Crippen molar-refractivity contribution < 1.29 is 9.90 Å². The van der Waals surface area contributed by atoms with Gasteiger partial charge in [0, 0.05) is 42.4 Å². The van der Waals surface area contributed by atoms with Crippen LogP contribution in [0.2, 0.25) is 0 Å². The van der Waals surface area contributed by atoms with E-state index in [4.69, 9.17) is 12.2 Å². The highest BCUT2D eigenvalue weighted by atomic mass is 32.1. The lowest BCUT2D eigenvalue weighted by Crippen LogP contribution is -2.33. The zero-order valence-corrected chi connectivity index (χ0v) is 21.6. The minimum absolute atomic E-state index is 0.0644. The van der Waals surface area contributed by atoms with E-state index >= 15 is 0 Å². The number of rotatable bonds is 7. The number of nitrogens with one attached hydrogen (secondary N) is 2. The van der Waals surface area contributed by atoms with Gasteiger partial charge in [-0.15, -0.1) is 0 Å². The quantitative estimate of drug-likeness (QED) is 0.296. The number of aromatic nitrogens is 2. The number of anilines is 1. The van der Waals surface area contributed by atoms with Crippen LogP contribution in [0.5, 0.6) is 5.75 Å². The number of pyridine rings is 1. The fourth-order valence-electron chi connectivity index (χ4n) is 4.76. The monoisotopic (exact) mass is 511 g/mol. The Bertz CT molecular complexity index is 1420. The molecule has 1 saturated heterocycles.